The molecule has 0 aliphatic carbocycles. The molecule has 1 atom stereocenters. The van der Waals surface area contributed by atoms with Gasteiger partial charge >= 0.3 is 12.2 Å². The molecule has 1 aliphatic heterocycles. The predicted octanol–water partition coefficient (Wildman–Crippen LogP) is 3.22. The van der Waals surface area contributed by atoms with Gasteiger partial charge in [-0.15, -0.1) is 0 Å². The topological polar surface area (TPSA) is 94.2 Å². The number of nitrogens with zero attached hydrogens (tertiary/aromatic N) is 3. The fourth-order valence-electron chi connectivity index (χ4n) is 1.71. The van der Waals surface area contributed by atoms with Gasteiger partial charge in [-0.05, 0) is 41.5 Å². The molecule has 8 heteroatoms. The van der Waals surface area contributed by atoms with E-state index in [9.17, 15) is 9.59 Å². The SMILES string of the molecule is CC(C)(C)OC(=O)N(C(=O)OC(C)(C)C)c1cnc(C2CO2)nc1. The zero-order valence-corrected chi connectivity index (χ0v) is 14.8. The van der Waals surface area contributed by atoms with Crippen LogP contribution in [0.5, 0.6) is 0 Å². The van der Waals surface area contributed by atoms with Crippen LogP contribution in [0.4, 0.5) is 15.3 Å². The van der Waals surface area contributed by atoms with Crippen LogP contribution in [0.2, 0.25) is 0 Å². The van der Waals surface area contributed by atoms with Crippen molar-refractivity contribution in [1.29, 1.82) is 0 Å². The highest BCUT2D eigenvalue weighted by Crippen LogP contribution is 2.27. The molecule has 0 aromatic carbocycles. The molecule has 1 unspecified atom stereocenters. The Morgan fingerprint density at radius 3 is 1.79 bits per heavy atom. The second-order valence-electron chi connectivity index (χ2n) is 7.42. The average Bonchev–Trinajstić information content (AvgIpc) is 3.19. The Morgan fingerprint density at radius 2 is 1.46 bits per heavy atom. The van der Waals surface area contributed by atoms with Gasteiger partial charge in [-0.2, -0.15) is 4.90 Å². The van der Waals surface area contributed by atoms with E-state index in [2.05, 4.69) is 9.97 Å². The smallest absolute Gasteiger partial charge is 0.424 e. The van der Waals surface area contributed by atoms with Gasteiger partial charge in [-0.25, -0.2) is 19.6 Å². The van der Waals surface area contributed by atoms with Crippen molar-refractivity contribution in [3.05, 3.63) is 18.2 Å². The van der Waals surface area contributed by atoms with Crippen molar-refractivity contribution in [1.82, 2.24) is 9.97 Å². The summed E-state index contributed by atoms with van der Waals surface area (Å²) < 4.78 is 15.7. The molecule has 8 nitrogen and oxygen atoms in total. The van der Waals surface area contributed by atoms with E-state index in [1.807, 2.05) is 0 Å². The highest BCUT2D eigenvalue weighted by Gasteiger charge is 2.34. The van der Waals surface area contributed by atoms with Gasteiger partial charge in [0.1, 0.15) is 17.3 Å². The van der Waals surface area contributed by atoms with Crippen molar-refractivity contribution in [2.75, 3.05) is 11.5 Å². The first-order valence-corrected chi connectivity index (χ1v) is 7.66. The fourth-order valence-corrected chi connectivity index (χ4v) is 1.71. The summed E-state index contributed by atoms with van der Waals surface area (Å²) in [5.74, 6) is 0.507. The normalized spacial score (nSPS) is 17.2. The summed E-state index contributed by atoms with van der Waals surface area (Å²) in [6, 6.07) is 0. The number of imide groups is 1. The first kappa shape index (κ1) is 18.1. The van der Waals surface area contributed by atoms with E-state index in [4.69, 9.17) is 14.2 Å². The molecular weight excluding hydrogens is 314 g/mol. The van der Waals surface area contributed by atoms with E-state index >= 15 is 0 Å². The lowest BCUT2D eigenvalue weighted by atomic mass is 10.2. The molecule has 1 aromatic heterocycles. The summed E-state index contributed by atoms with van der Waals surface area (Å²) >= 11 is 0. The first-order chi connectivity index (χ1) is 11.0. The van der Waals surface area contributed by atoms with Crippen molar-refractivity contribution in [3.63, 3.8) is 0 Å². The Labute approximate surface area is 141 Å². The molecule has 2 rings (SSSR count). The number of amides is 2. The summed E-state index contributed by atoms with van der Waals surface area (Å²) in [6.45, 7) is 10.8. The molecule has 1 saturated heterocycles. The van der Waals surface area contributed by atoms with E-state index in [0.717, 1.165) is 4.90 Å². The van der Waals surface area contributed by atoms with Crippen LogP contribution in [0, 0.1) is 0 Å². The zero-order valence-electron chi connectivity index (χ0n) is 14.8. The third-order valence-corrected chi connectivity index (χ3v) is 2.69. The lowest BCUT2D eigenvalue weighted by molar-refractivity contribution is 0.0430. The number of carbonyl (C=O) groups is 2. The maximum Gasteiger partial charge on any atom is 0.424 e. The Hall–Kier alpha value is -2.22. The standard InChI is InChI=1S/C16H23N3O5/c1-15(2,3)23-13(20)19(14(21)24-16(4,5)6)10-7-17-12(18-8-10)11-9-22-11/h7-8,11H,9H2,1-6H3. The van der Waals surface area contributed by atoms with Gasteiger partial charge < -0.3 is 14.2 Å². The van der Waals surface area contributed by atoms with Crippen LogP contribution in [0.25, 0.3) is 0 Å². The van der Waals surface area contributed by atoms with Crippen LogP contribution < -0.4 is 4.90 Å². The van der Waals surface area contributed by atoms with Gasteiger partial charge in [0.25, 0.3) is 0 Å². The third kappa shape index (κ3) is 5.16. The highest BCUT2D eigenvalue weighted by atomic mass is 16.6. The molecule has 1 fully saturated rings. The molecule has 0 radical (unpaired) electrons. The van der Waals surface area contributed by atoms with Crippen LogP contribution in [-0.4, -0.2) is 40.0 Å². The zero-order chi connectivity index (χ0) is 18.1. The Balaban J connectivity index is 2.26. The number of ether oxygens (including phenoxy) is 3. The molecule has 0 N–H and O–H groups in total. The quantitative estimate of drug-likeness (QED) is 0.765. The maximum absolute atomic E-state index is 12.4. The van der Waals surface area contributed by atoms with E-state index in [-0.39, 0.29) is 11.8 Å². The summed E-state index contributed by atoms with van der Waals surface area (Å²) in [5, 5.41) is 0. The summed E-state index contributed by atoms with van der Waals surface area (Å²) in [7, 11) is 0. The van der Waals surface area contributed by atoms with Crippen molar-refractivity contribution in [3.8, 4) is 0 Å². The van der Waals surface area contributed by atoms with Gasteiger partial charge in [0.15, 0.2) is 5.82 Å². The van der Waals surface area contributed by atoms with Crippen LogP contribution in [-0.2, 0) is 14.2 Å². The highest BCUT2D eigenvalue weighted by molar-refractivity contribution is 6.09. The third-order valence-electron chi connectivity index (χ3n) is 2.69. The number of hydrogen-bond acceptors (Lipinski definition) is 7. The lowest BCUT2D eigenvalue weighted by Gasteiger charge is -2.28. The second-order valence-corrected chi connectivity index (χ2v) is 7.42. The number of aromatic nitrogens is 2. The predicted molar refractivity (Wildman–Crippen MR) is 85.7 cm³/mol. The number of epoxide rings is 1. The van der Waals surface area contributed by atoms with E-state index in [0.29, 0.717) is 12.4 Å². The van der Waals surface area contributed by atoms with E-state index in [1.54, 1.807) is 41.5 Å². The lowest BCUT2D eigenvalue weighted by Crippen LogP contribution is -2.44. The molecule has 2 heterocycles. The molecule has 132 valence electrons. The van der Waals surface area contributed by atoms with Crippen LogP contribution in [0.3, 0.4) is 0 Å². The molecular formula is C16H23N3O5. The number of hydrogen-bond donors (Lipinski definition) is 0. The second kappa shape index (κ2) is 6.35. The average molecular weight is 337 g/mol. The van der Waals surface area contributed by atoms with Crippen molar-refractivity contribution < 1.29 is 23.8 Å². The molecule has 0 bridgehead atoms. The molecule has 1 aromatic rings. The van der Waals surface area contributed by atoms with Crippen LogP contribution in [0.1, 0.15) is 53.5 Å². The van der Waals surface area contributed by atoms with Crippen LogP contribution in [0.15, 0.2) is 12.4 Å². The minimum absolute atomic E-state index is 0.115. The van der Waals surface area contributed by atoms with Crippen molar-refractivity contribution >= 4 is 17.9 Å². The minimum atomic E-state index is -0.851. The Morgan fingerprint density at radius 1 is 1.04 bits per heavy atom. The Kier molecular flexibility index (Phi) is 4.80. The maximum atomic E-state index is 12.4. The van der Waals surface area contributed by atoms with Gasteiger partial charge in [0.05, 0.1) is 24.7 Å². The molecule has 2 amide bonds. The molecule has 1 aliphatic rings. The van der Waals surface area contributed by atoms with Gasteiger partial charge in [0.2, 0.25) is 0 Å². The van der Waals surface area contributed by atoms with E-state index < -0.39 is 23.4 Å². The summed E-state index contributed by atoms with van der Waals surface area (Å²) in [6.07, 6.45) is 0.928. The van der Waals surface area contributed by atoms with Gasteiger partial charge in [-0.1, -0.05) is 0 Å². The Bertz CT molecular complexity index is 584. The molecule has 24 heavy (non-hydrogen) atoms. The molecule has 0 spiro atoms. The minimum Gasteiger partial charge on any atom is -0.443 e. The number of anilines is 1. The van der Waals surface area contributed by atoms with Gasteiger partial charge in [-0.3, -0.25) is 0 Å². The van der Waals surface area contributed by atoms with Crippen molar-refractivity contribution in [2.24, 2.45) is 0 Å². The molecule has 0 saturated carbocycles. The fraction of sp³-hybridized carbons (Fsp3) is 0.625. The van der Waals surface area contributed by atoms with E-state index in [1.165, 1.54) is 12.4 Å². The number of rotatable bonds is 2. The summed E-state index contributed by atoms with van der Waals surface area (Å²) in [5.41, 5.74) is -1.36. The van der Waals surface area contributed by atoms with Gasteiger partial charge in [0, 0.05) is 0 Å². The van der Waals surface area contributed by atoms with Crippen molar-refractivity contribution in [2.45, 2.75) is 58.8 Å². The first-order valence-electron chi connectivity index (χ1n) is 7.66. The van der Waals surface area contributed by atoms with Crippen LogP contribution >= 0.6 is 0 Å². The largest absolute Gasteiger partial charge is 0.443 e. The number of carbonyl (C=O) groups excluding carboxylic acids is 2. The summed E-state index contributed by atoms with van der Waals surface area (Å²) in [4.78, 5) is 33.9. The monoisotopic (exact) mass is 337 g/mol.